The van der Waals surface area contributed by atoms with Crippen LogP contribution in [0.5, 0.6) is 0 Å². The van der Waals surface area contributed by atoms with Crippen molar-refractivity contribution in [1.82, 2.24) is 0 Å². The van der Waals surface area contributed by atoms with Crippen molar-refractivity contribution in [2.75, 3.05) is 13.2 Å². The molecule has 142 valence electrons. The van der Waals surface area contributed by atoms with Crippen molar-refractivity contribution in [1.29, 1.82) is 0 Å². The van der Waals surface area contributed by atoms with Crippen LogP contribution in [0, 0.1) is 11.8 Å². The zero-order chi connectivity index (χ0) is 19.1. The quantitative estimate of drug-likeness (QED) is 0.500. The van der Waals surface area contributed by atoms with Gasteiger partial charge in [0.25, 0.3) is 0 Å². The van der Waals surface area contributed by atoms with Gasteiger partial charge < -0.3 is 10.2 Å². The molecule has 0 spiro atoms. The third-order valence-corrected chi connectivity index (χ3v) is 6.08. The summed E-state index contributed by atoms with van der Waals surface area (Å²) in [7, 11) is 0. The maximum Gasteiger partial charge on any atom is 0.0595 e. The summed E-state index contributed by atoms with van der Waals surface area (Å²) >= 11 is 24.2. The van der Waals surface area contributed by atoms with Crippen molar-refractivity contribution in [2.24, 2.45) is 11.8 Å². The molecule has 2 aromatic rings. The van der Waals surface area contributed by atoms with Crippen molar-refractivity contribution in [3.05, 3.63) is 67.6 Å². The molecule has 0 saturated heterocycles. The highest BCUT2D eigenvalue weighted by Crippen LogP contribution is 2.30. The maximum atomic E-state index is 9.99. The number of hydrogen-bond donors (Lipinski definition) is 2. The molecule has 0 bridgehead atoms. The summed E-state index contributed by atoms with van der Waals surface area (Å²) in [6.07, 6.45) is 2.93. The van der Waals surface area contributed by atoms with Gasteiger partial charge in [0.1, 0.15) is 0 Å². The third-order valence-electron chi connectivity index (χ3n) is 4.60. The first-order valence-corrected chi connectivity index (χ1v) is 10.0. The van der Waals surface area contributed by atoms with Crippen molar-refractivity contribution >= 4 is 46.4 Å². The van der Waals surface area contributed by atoms with Gasteiger partial charge in [0, 0.05) is 13.2 Å². The molecule has 0 aliphatic carbocycles. The molecule has 0 aliphatic rings. The molecule has 2 N–H and O–H groups in total. The second-order valence-corrected chi connectivity index (χ2v) is 8.10. The number of rotatable bonds is 9. The molecular weight excluding hydrogens is 414 g/mol. The predicted octanol–water partition coefficient (Wildman–Crippen LogP) is 6.08. The summed E-state index contributed by atoms with van der Waals surface area (Å²) < 4.78 is 0. The van der Waals surface area contributed by atoms with Crippen LogP contribution < -0.4 is 0 Å². The van der Waals surface area contributed by atoms with Crippen molar-refractivity contribution < 1.29 is 10.2 Å². The lowest BCUT2D eigenvalue weighted by atomic mass is 9.80. The molecule has 2 aromatic carbocycles. The standard InChI is InChI=1S/C20H22Cl4O2/c21-17-5-3-13(10-19(17)23)8-15(2-1-7-25)16(12-26)9-14-4-6-18(22)20(24)11-14/h3-6,10-11,15-16,25-26H,1-2,7-9,12H2/t15-,16+/m1/s1. The van der Waals surface area contributed by atoms with Crippen LogP contribution >= 0.6 is 46.4 Å². The molecule has 0 aromatic heterocycles. The molecular formula is C20H22Cl4O2. The van der Waals surface area contributed by atoms with Crippen molar-refractivity contribution in [3.8, 4) is 0 Å². The van der Waals surface area contributed by atoms with Gasteiger partial charge >= 0.3 is 0 Å². The minimum Gasteiger partial charge on any atom is -0.396 e. The van der Waals surface area contributed by atoms with E-state index in [-0.39, 0.29) is 25.0 Å². The molecule has 2 nitrogen and oxygen atoms in total. The molecule has 2 atom stereocenters. The van der Waals surface area contributed by atoms with Crippen LogP contribution in [-0.4, -0.2) is 23.4 Å². The molecule has 0 heterocycles. The van der Waals surface area contributed by atoms with Gasteiger partial charge in [0.2, 0.25) is 0 Å². The second kappa shape index (κ2) is 10.8. The number of halogens is 4. The first-order chi connectivity index (χ1) is 12.4. The SMILES string of the molecule is OCCC[C@H](Cc1ccc(Cl)c(Cl)c1)[C@H](CO)Cc1ccc(Cl)c(Cl)c1. The van der Waals surface area contributed by atoms with Gasteiger partial charge in [-0.2, -0.15) is 0 Å². The van der Waals surface area contributed by atoms with E-state index in [0.717, 1.165) is 24.0 Å². The molecule has 0 radical (unpaired) electrons. The molecule has 0 aliphatic heterocycles. The Kier molecular flexibility index (Phi) is 9.02. The molecule has 6 heteroatoms. The van der Waals surface area contributed by atoms with E-state index < -0.39 is 0 Å². The lowest BCUT2D eigenvalue weighted by Gasteiger charge is -2.26. The highest BCUT2D eigenvalue weighted by Gasteiger charge is 2.22. The van der Waals surface area contributed by atoms with Gasteiger partial charge in [-0.3, -0.25) is 0 Å². The predicted molar refractivity (Wildman–Crippen MR) is 111 cm³/mol. The van der Waals surface area contributed by atoms with Gasteiger partial charge in [0.05, 0.1) is 20.1 Å². The fourth-order valence-corrected chi connectivity index (χ4v) is 3.82. The Labute approximate surface area is 174 Å². The summed E-state index contributed by atoms with van der Waals surface area (Å²) in [5, 5.41) is 21.3. The molecule has 0 saturated carbocycles. The van der Waals surface area contributed by atoms with E-state index in [4.69, 9.17) is 46.4 Å². The second-order valence-electron chi connectivity index (χ2n) is 6.47. The normalized spacial score (nSPS) is 13.6. The first-order valence-electron chi connectivity index (χ1n) is 8.54. The van der Waals surface area contributed by atoms with Gasteiger partial charge in [0.15, 0.2) is 0 Å². The number of benzene rings is 2. The molecule has 0 amide bonds. The summed E-state index contributed by atoms with van der Waals surface area (Å²) in [4.78, 5) is 0. The minimum atomic E-state index is 0.0354. The van der Waals surface area contributed by atoms with Crippen LogP contribution in [0.1, 0.15) is 24.0 Å². The Balaban J connectivity index is 2.17. The number of aliphatic hydroxyl groups excluding tert-OH is 2. The largest absolute Gasteiger partial charge is 0.396 e. The van der Waals surface area contributed by atoms with Crippen molar-refractivity contribution in [2.45, 2.75) is 25.7 Å². The van der Waals surface area contributed by atoms with Gasteiger partial charge in [-0.25, -0.2) is 0 Å². The average molecular weight is 436 g/mol. The highest BCUT2D eigenvalue weighted by molar-refractivity contribution is 6.42. The topological polar surface area (TPSA) is 40.5 Å². The van der Waals surface area contributed by atoms with E-state index in [0.29, 0.717) is 32.9 Å². The smallest absolute Gasteiger partial charge is 0.0595 e. The summed E-state index contributed by atoms with van der Waals surface area (Å²) in [5.41, 5.74) is 2.09. The number of aliphatic hydroxyl groups is 2. The van der Waals surface area contributed by atoms with Crippen LogP contribution in [0.2, 0.25) is 20.1 Å². The Hall–Kier alpha value is -0.480. The van der Waals surface area contributed by atoms with Crippen LogP contribution in [-0.2, 0) is 12.8 Å². The fraction of sp³-hybridized carbons (Fsp3) is 0.400. The Bertz CT molecular complexity index is 721. The Morgan fingerprint density at radius 3 is 1.62 bits per heavy atom. The summed E-state index contributed by atoms with van der Waals surface area (Å²) in [5.74, 6) is 0.229. The van der Waals surface area contributed by atoms with Crippen LogP contribution in [0.3, 0.4) is 0 Å². The summed E-state index contributed by atoms with van der Waals surface area (Å²) in [6.45, 7) is 0.181. The minimum absolute atomic E-state index is 0.0354. The molecule has 2 rings (SSSR count). The summed E-state index contributed by atoms with van der Waals surface area (Å²) in [6, 6.07) is 11.1. The van der Waals surface area contributed by atoms with Gasteiger partial charge in [-0.1, -0.05) is 58.5 Å². The zero-order valence-corrected chi connectivity index (χ0v) is 17.3. The molecule has 0 fully saturated rings. The average Bonchev–Trinajstić information content (AvgIpc) is 2.62. The van der Waals surface area contributed by atoms with E-state index >= 15 is 0 Å². The van der Waals surface area contributed by atoms with Gasteiger partial charge in [-0.15, -0.1) is 0 Å². The van der Waals surface area contributed by atoms with Crippen LogP contribution in [0.15, 0.2) is 36.4 Å². The zero-order valence-electron chi connectivity index (χ0n) is 14.3. The van der Waals surface area contributed by atoms with E-state index in [9.17, 15) is 10.2 Å². The maximum absolute atomic E-state index is 9.99. The highest BCUT2D eigenvalue weighted by atomic mass is 35.5. The first kappa shape index (κ1) is 21.8. The monoisotopic (exact) mass is 434 g/mol. The Morgan fingerprint density at radius 1 is 0.692 bits per heavy atom. The number of hydrogen-bond acceptors (Lipinski definition) is 2. The lowest BCUT2D eigenvalue weighted by Crippen LogP contribution is -2.23. The molecule has 26 heavy (non-hydrogen) atoms. The van der Waals surface area contributed by atoms with E-state index in [2.05, 4.69) is 0 Å². The lowest BCUT2D eigenvalue weighted by molar-refractivity contribution is 0.158. The van der Waals surface area contributed by atoms with Gasteiger partial charge in [-0.05, 0) is 72.9 Å². The van der Waals surface area contributed by atoms with E-state index in [1.807, 2.05) is 24.3 Å². The van der Waals surface area contributed by atoms with Crippen LogP contribution in [0.4, 0.5) is 0 Å². The Morgan fingerprint density at radius 2 is 1.19 bits per heavy atom. The third kappa shape index (κ3) is 6.30. The van der Waals surface area contributed by atoms with E-state index in [1.54, 1.807) is 12.1 Å². The molecule has 0 unspecified atom stereocenters. The fourth-order valence-electron chi connectivity index (χ4n) is 3.18. The van der Waals surface area contributed by atoms with E-state index in [1.165, 1.54) is 0 Å². The van der Waals surface area contributed by atoms with Crippen LogP contribution in [0.25, 0.3) is 0 Å². The van der Waals surface area contributed by atoms with Crippen molar-refractivity contribution in [3.63, 3.8) is 0 Å².